The van der Waals surface area contributed by atoms with Gasteiger partial charge in [-0.3, -0.25) is 4.90 Å². The van der Waals surface area contributed by atoms with Crippen LogP contribution in [0.5, 0.6) is 0 Å². The van der Waals surface area contributed by atoms with Crippen molar-refractivity contribution >= 4 is 18.1 Å². The summed E-state index contributed by atoms with van der Waals surface area (Å²) in [5.74, 6) is 0.742. The van der Waals surface area contributed by atoms with Crippen molar-refractivity contribution in [2.75, 3.05) is 44.7 Å². The lowest BCUT2D eigenvalue weighted by Gasteiger charge is -2.54. The fourth-order valence-electron chi connectivity index (χ4n) is 5.62. The zero-order valence-corrected chi connectivity index (χ0v) is 21.1. The van der Waals surface area contributed by atoms with E-state index in [1.165, 1.54) is 63.0 Å². The van der Waals surface area contributed by atoms with Crippen molar-refractivity contribution in [2.24, 2.45) is 11.3 Å². The number of hydrogen-bond acceptors (Lipinski definition) is 3. The van der Waals surface area contributed by atoms with Crippen LogP contribution < -0.4 is 4.90 Å². The summed E-state index contributed by atoms with van der Waals surface area (Å²) in [5.41, 5.74) is 4.83. The van der Waals surface area contributed by atoms with E-state index in [0.717, 1.165) is 19.0 Å². The largest absolute Gasteiger partial charge is 0.380 e. The van der Waals surface area contributed by atoms with Crippen molar-refractivity contribution in [1.29, 1.82) is 0 Å². The number of nitrogens with zero attached hydrogens (tertiary/aromatic N) is 2. The third-order valence-corrected chi connectivity index (χ3v) is 8.48. The average Bonchev–Trinajstić information content (AvgIpc) is 2.71. The second kappa shape index (κ2) is 10.7. The van der Waals surface area contributed by atoms with Gasteiger partial charge in [-0.2, -0.15) is 0 Å². The number of halogens is 1. The van der Waals surface area contributed by atoms with Gasteiger partial charge >= 0.3 is 0 Å². The normalized spacial score (nSPS) is 27.0. The van der Waals surface area contributed by atoms with Gasteiger partial charge in [0, 0.05) is 39.0 Å². The first-order valence-corrected chi connectivity index (χ1v) is 11.9. The molecule has 0 aromatic heterocycles. The van der Waals surface area contributed by atoms with Gasteiger partial charge in [-0.15, -0.1) is 12.4 Å². The Morgan fingerprint density at radius 2 is 1.80 bits per heavy atom. The van der Waals surface area contributed by atoms with Crippen LogP contribution in [0, 0.1) is 11.3 Å². The van der Waals surface area contributed by atoms with Gasteiger partial charge in [0.05, 0.1) is 6.61 Å². The quantitative estimate of drug-likeness (QED) is 0.500. The molecule has 0 spiro atoms. The molecule has 0 bridgehead atoms. The van der Waals surface area contributed by atoms with E-state index in [-0.39, 0.29) is 23.2 Å². The maximum atomic E-state index is 5.49. The summed E-state index contributed by atoms with van der Waals surface area (Å²) in [6.07, 6.45) is 6.58. The molecule has 4 heteroatoms. The molecule has 1 heterocycles. The summed E-state index contributed by atoms with van der Waals surface area (Å²) >= 11 is 0. The monoisotopic (exact) mass is 436 g/mol. The molecule has 3 rings (SSSR count). The SMILES string of the molecule is CCCCN1CCN(c2ccc(COC)cc2C2(C)CCCC(C)C2(C)C)CC1.Cl. The average molecular weight is 437 g/mol. The zero-order valence-electron chi connectivity index (χ0n) is 20.3. The molecule has 1 saturated heterocycles. The first-order chi connectivity index (χ1) is 13.8. The van der Waals surface area contributed by atoms with Crippen molar-refractivity contribution in [3.05, 3.63) is 29.3 Å². The van der Waals surface area contributed by atoms with Crippen LogP contribution in [-0.4, -0.2) is 44.7 Å². The Bertz CT molecular complexity index is 669. The fourth-order valence-corrected chi connectivity index (χ4v) is 5.62. The third-order valence-electron chi connectivity index (χ3n) is 8.48. The third kappa shape index (κ3) is 5.00. The second-order valence-corrected chi connectivity index (χ2v) is 10.3. The van der Waals surface area contributed by atoms with Crippen LogP contribution in [0.2, 0.25) is 0 Å². The first-order valence-electron chi connectivity index (χ1n) is 11.9. The smallest absolute Gasteiger partial charge is 0.0713 e. The van der Waals surface area contributed by atoms with Gasteiger partial charge in [0.1, 0.15) is 0 Å². The maximum absolute atomic E-state index is 5.49. The Hall–Kier alpha value is -0.770. The highest BCUT2D eigenvalue weighted by molar-refractivity contribution is 5.85. The zero-order chi connectivity index (χ0) is 21.1. The van der Waals surface area contributed by atoms with E-state index in [2.05, 4.69) is 62.6 Å². The van der Waals surface area contributed by atoms with Crippen LogP contribution in [-0.2, 0) is 16.8 Å². The van der Waals surface area contributed by atoms with Gasteiger partial charge in [-0.1, -0.05) is 66.0 Å². The molecule has 1 aromatic rings. The summed E-state index contributed by atoms with van der Waals surface area (Å²) in [4.78, 5) is 5.31. The van der Waals surface area contributed by atoms with Crippen LogP contribution in [0.3, 0.4) is 0 Å². The minimum Gasteiger partial charge on any atom is -0.380 e. The molecule has 0 radical (unpaired) electrons. The van der Waals surface area contributed by atoms with Gasteiger partial charge in [0.15, 0.2) is 0 Å². The van der Waals surface area contributed by atoms with Crippen molar-refractivity contribution in [1.82, 2.24) is 4.90 Å². The first kappa shape index (κ1) is 25.5. The van der Waals surface area contributed by atoms with Gasteiger partial charge in [0.2, 0.25) is 0 Å². The molecular weight excluding hydrogens is 392 g/mol. The lowest BCUT2D eigenvalue weighted by molar-refractivity contribution is 0.0477. The Morgan fingerprint density at radius 1 is 1.10 bits per heavy atom. The summed E-state index contributed by atoms with van der Waals surface area (Å²) in [7, 11) is 1.80. The standard InChI is InChI=1S/C26H44N2O.ClH/c1-7-8-14-27-15-17-28(18-16-27)24-12-11-22(20-29-6)19-23(24)26(5)13-9-10-21(2)25(26,3)4;/h11-12,19,21H,7-10,13-18,20H2,1-6H3;1H. The highest BCUT2D eigenvalue weighted by atomic mass is 35.5. The molecule has 2 fully saturated rings. The molecule has 172 valence electrons. The molecule has 1 aliphatic carbocycles. The van der Waals surface area contributed by atoms with E-state index in [9.17, 15) is 0 Å². The molecule has 0 amide bonds. The number of unbranched alkanes of at least 4 members (excludes halogenated alkanes) is 1. The summed E-state index contributed by atoms with van der Waals surface area (Å²) in [5, 5.41) is 0. The Morgan fingerprint density at radius 3 is 2.43 bits per heavy atom. The van der Waals surface area contributed by atoms with E-state index in [4.69, 9.17) is 4.74 Å². The predicted octanol–water partition coefficient (Wildman–Crippen LogP) is 6.28. The van der Waals surface area contributed by atoms with Gasteiger partial charge in [-0.25, -0.2) is 0 Å². The summed E-state index contributed by atoms with van der Waals surface area (Å²) < 4.78 is 5.49. The number of anilines is 1. The van der Waals surface area contributed by atoms with Crippen LogP contribution in [0.1, 0.15) is 77.8 Å². The number of hydrogen-bond donors (Lipinski definition) is 0. The number of rotatable bonds is 7. The second-order valence-electron chi connectivity index (χ2n) is 10.3. The molecule has 2 unspecified atom stereocenters. The van der Waals surface area contributed by atoms with Crippen molar-refractivity contribution in [3.63, 3.8) is 0 Å². The number of methoxy groups -OCH3 is 1. The van der Waals surface area contributed by atoms with E-state index in [0.29, 0.717) is 6.61 Å². The Kier molecular flexibility index (Phi) is 9.09. The minimum atomic E-state index is 0. The predicted molar refractivity (Wildman–Crippen MR) is 132 cm³/mol. The lowest BCUT2D eigenvalue weighted by atomic mass is 9.52. The highest BCUT2D eigenvalue weighted by Gasteiger charge is 2.49. The number of piperazine rings is 1. The number of ether oxygens (including phenoxy) is 1. The molecule has 1 aromatic carbocycles. The van der Waals surface area contributed by atoms with Crippen LogP contribution >= 0.6 is 12.4 Å². The van der Waals surface area contributed by atoms with Crippen molar-refractivity contribution in [2.45, 2.75) is 78.7 Å². The van der Waals surface area contributed by atoms with Gasteiger partial charge < -0.3 is 9.64 Å². The van der Waals surface area contributed by atoms with E-state index >= 15 is 0 Å². The minimum absolute atomic E-state index is 0. The topological polar surface area (TPSA) is 15.7 Å². The molecule has 30 heavy (non-hydrogen) atoms. The summed E-state index contributed by atoms with van der Waals surface area (Å²) in [6.45, 7) is 18.9. The maximum Gasteiger partial charge on any atom is 0.0713 e. The van der Waals surface area contributed by atoms with Crippen LogP contribution in [0.15, 0.2) is 18.2 Å². The van der Waals surface area contributed by atoms with Gasteiger partial charge in [-0.05, 0) is 53.3 Å². The molecule has 1 saturated carbocycles. The molecule has 2 aliphatic rings. The molecular formula is C26H45ClN2O. The lowest BCUT2D eigenvalue weighted by Crippen LogP contribution is -2.50. The van der Waals surface area contributed by atoms with E-state index in [1.54, 1.807) is 12.7 Å². The fraction of sp³-hybridized carbons (Fsp3) is 0.769. The highest BCUT2D eigenvalue weighted by Crippen LogP contribution is 2.56. The van der Waals surface area contributed by atoms with Crippen molar-refractivity contribution in [3.8, 4) is 0 Å². The Labute approximate surface area is 192 Å². The van der Waals surface area contributed by atoms with E-state index < -0.39 is 0 Å². The Balaban J connectivity index is 0.00000320. The van der Waals surface area contributed by atoms with Crippen molar-refractivity contribution < 1.29 is 4.74 Å². The molecule has 1 aliphatic heterocycles. The van der Waals surface area contributed by atoms with E-state index in [1.807, 2.05) is 0 Å². The van der Waals surface area contributed by atoms with Gasteiger partial charge in [0.25, 0.3) is 0 Å². The number of benzene rings is 1. The molecule has 3 nitrogen and oxygen atoms in total. The van der Waals surface area contributed by atoms with Crippen LogP contribution in [0.4, 0.5) is 5.69 Å². The molecule has 2 atom stereocenters. The summed E-state index contributed by atoms with van der Waals surface area (Å²) in [6, 6.07) is 7.16. The molecule has 0 N–H and O–H groups in total. The van der Waals surface area contributed by atoms with Crippen LogP contribution in [0.25, 0.3) is 0 Å².